The average Bonchev–Trinajstić information content (AvgIpc) is 2.74. The highest BCUT2D eigenvalue weighted by atomic mass is 14.3. The van der Waals surface area contributed by atoms with Crippen LogP contribution in [0, 0.1) is 34.0 Å². The van der Waals surface area contributed by atoms with E-state index in [1.54, 1.807) is 12.1 Å². The van der Waals surface area contributed by atoms with Gasteiger partial charge in [-0.2, -0.15) is 15.8 Å². The van der Waals surface area contributed by atoms with Crippen LogP contribution in [0.3, 0.4) is 0 Å². The lowest BCUT2D eigenvalue weighted by molar-refractivity contribution is 1.44. The Bertz CT molecular complexity index is 927. The molecular weight excluding hydrogens is 318 g/mol. The van der Waals surface area contributed by atoms with Crippen molar-refractivity contribution in [2.45, 2.75) is 0 Å². The second-order valence-corrected chi connectivity index (χ2v) is 5.18. The van der Waals surface area contributed by atoms with Crippen LogP contribution < -0.4 is 0 Å². The molecule has 3 aromatic carbocycles. The zero-order valence-electron chi connectivity index (χ0n) is 14.0. The van der Waals surface area contributed by atoms with Crippen molar-refractivity contribution in [3.63, 3.8) is 0 Å². The molecular formula is C23H15N3. The standard InChI is InChI=1S/C16H10N2.C7H5N/c17-11-15(12-18)16(13-7-3-1-4-8-13)14-9-5-2-6-10-14;8-6-7-4-2-1-3-5-7/h1-10H;1-5H. The lowest BCUT2D eigenvalue weighted by Gasteiger charge is -2.07. The average molecular weight is 333 g/mol. The molecule has 0 saturated carbocycles. The van der Waals surface area contributed by atoms with E-state index in [-0.39, 0.29) is 5.57 Å². The number of nitriles is 3. The van der Waals surface area contributed by atoms with Gasteiger partial charge in [0, 0.05) is 5.57 Å². The van der Waals surface area contributed by atoms with Crippen molar-refractivity contribution >= 4 is 5.57 Å². The molecule has 0 fully saturated rings. The van der Waals surface area contributed by atoms with Gasteiger partial charge in [0.2, 0.25) is 0 Å². The monoisotopic (exact) mass is 333 g/mol. The fraction of sp³-hybridized carbons (Fsp3) is 0. The largest absolute Gasteiger partial charge is 0.192 e. The van der Waals surface area contributed by atoms with Crippen LogP contribution in [0.15, 0.2) is 96.6 Å². The summed E-state index contributed by atoms with van der Waals surface area (Å²) in [6, 6.07) is 34.1. The van der Waals surface area contributed by atoms with Crippen molar-refractivity contribution in [3.8, 4) is 18.2 Å². The van der Waals surface area contributed by atoms with E-state index in [9.17, 15) is 0 Å². The second kappa shape index (κ2) is 9.89. The summed E-state index contributed by atoms with van der Waals surface area (Å²) >= 11 is 0. The molecule has 0 N–H and O–H groups in total. The summed E-state index contributed by atoms with van der Waals surface area (Å²) in [7, 11) is 0. The molecule has 0 atom stereocenters. The topological polar surface area (TPSA) is 71.4 Å². The Morgan fingerprint density at radius 2 is 0.923 bits per heavy atom. The van der Waals surface area contributed by atoms with Gasteiger partial charge in [0.05, 0.1) is 11.6 Å². The zero-order chi connectivity index (χ0) is 18.6. The molecule has 0 amide bonds. The Morgan fingerprint density at radius 3 is 1.23 bits per heavy atom. The third-order valence-electron chi connectivity index (χ3n) is 3.50. The van der Waals surface area contributed by atoms with Crippen LogP contribution in [-0.4, -0.2) is 0 Å². The summed E-state index contributed by atoms with van der Waals surface area (Å²) in [5.41, 5.74) is 3.28. The first-order valence-corrected chi connectivity index (χ1v) is 7.90. The van der Waals surface area contributed by atoms with Gasteiger partial charge in [0.1, 0.15) is 17.7 Å². The van der Waals surface area contributed by atoms with Crippen LogP contribution in [0.5, 0.6) is 0 Å². The number of benzene rings is 3. The van der Waals surface area contributed by atoms with Crippen molar-refractivity contribution in [1.82, 2.24) is 0 Å². The molecule has 0 saturated heterocycles. The van der Waals surface area contributed by atoms with Gasteiger partial charge in [-0.25, -0.2) is 0 Å². The van der Waals surface area contributed by atoms with Gasteiger partial charge < -0.3 is 0 Å². The molecule has 3 aromatic rings. The molecule has 3 nitrogen and oxygen atoms in total. The summed E-state index contributed by atoms with van der Waals surface area (Å²) in [5.74, 6) is 0. The SMILES string of the molecule is N#CC(C#N)=C(c1ccccc1)c1ccccc1.N#Cc1ccccc1. The highest BCUT2D eigenvalue weighted by Crippen LogP contribution is 2.26. The molecule has 3 rings (SSSR count). The molecule has 0 bridgehead atoms. The first-order valence-electron chi connectivity index (χ1n) is 7.90. The number of allylic oxidation sites excluding steroid dienone is 1. The fourth-order valence-corrected chi connectivity index (χ4v) is 2.31. The molecule has 0 unspecified atom stereocenters. The lowest BCUT2D eigenvalue weighted by atomic mass is 9.94. The zero-order valence-corrected chi connectivity index (χ0v) is 14.0. The predicted octanol–water partition coefficient (Wildman–Crippen LogP) is 5.09. The van der Waals surface area contributed by atoms with E-state index in [1.165, 1.54) is 0 Å². The molecule has 26 heavy (non-hydrogen) atoms. The van der Waals surface area contributed by atoms with Gasteiger partial charge in [-0.05, 0) is 23.3 Å². The Hall–Kier alpha value is -4.13. The summed E-state index contributed by atoms with van der Waals surface area (Å²) in [6.45, 7) is 0. The van der Waals surface area contributed by atoms with Crippen molar-refractivity contribution in [2.24, 2.45) is 0 Å². The molecule has 122 valence electrons. The van der Waals surface area contributed by atoms with Crippen LogP contribution >= 0.6 is 0 Å². The molecule has 0 heterocycles. The van der Waals surface area contributed by atoms with Gasteiger partial charge in [0.25, 0.3) is 0 Å². The minimum atomic E-state index is 0.132. The first kappa shape index (κ1) is 18.2. The van der Waals surface area contributed by atoms with E-state index < -0.39 is 0 Å². The molecule has 0 aliphatic heterocycles. The van der Waals surface area contributed by atoms with E-state index in [4.69, 9.17) is 15.8 Å². The van der Waals surface area contributed by atoms with Gasteiger partial charge in [-0.3, -0.25) is 0 Å². The Balaban J connectivity index is 0.000000254. The minimum absolute atomic E-state index is 0.132. The van der Waals surface area contributed by atoms with Crippen LogP contribution in [0.25, 0.3) is 5.57 Å². The number of nitrogens with zero attached hydrogens (tertiary/aromatic N) is 3. The second-order valence-electron chi connectivity index (χ2n) is 5.18. The molecule has 0 aromatic heterocycles. The Morgan fingerprint density at radius 1 is 0.538 bits per heavy atom. The molecule has 0 aliphatic rings. The van der Waals surface area contributed by atoms with Crippen molar-refractivity contribution in [3.05, 3.63) is 113 Å². The van der Waals surface area contributed by atoms with Gasteiger partial charge in [0.15, 0.2) is 0 Å². The quantitative estimate of drug-likeness (QED) is 0.613. The van der Waals surface area contributed by atoms with E-state index in [1.807, 2.05) is 97.1 Å². The van der Waals surface area contributed by atoms with Gasteiger partial charge in [-0.15, -0.1) is 0 Å². The maximum atomic E-state index is 9.09. The lowest BCUT2D eigenvalue weighted by Crippen LogP contribution is -1.91. The Labute approximate surface area is 153 Å². The Kier molecular flexibility index (Phi) is 6.92. The van der Waals surface area contributed by atoms with Crippen molar-refractivity contribution in [2.75, 3.05) is 0 Å². The highest BCUT2D eigenvalue weighted by Gasteiger charge is 2.10. The number of hydrogen-bond acceptors (Lipinski definition) is 3. The van der Waals surface area contributed by atoms with E-state index in [0.717, 1.165) is 11.1 Å². The summed E-state index contributed by atoms with van der Waals surface area (Å²) in [4.78, 5) is 0. The van der Waals surface area contributed by atoms with E-state index in [0.29, 0.717) is 11.1 Å². The molecule has 0 spiro atoms. The maximum absolute atomic E-state index is 9.09. The number of rotatable bonds is 2. The summed E-state index contributed by atoms with van der Waals surface area (Å²) < 4.78 is 0. The third-order valence-corrected chi connectivity index (χ3v) is 3.50. The van der Waals surface area contributed by atoms with Crippen molar-refractivity contribution in [1.29, 1.82) is 15.8 Å². The van der Waals surface area contributed by atoms with Gasteiger partial charge >= 0.3 is 0 Å². The van der Waals surface area contributed by atoms with Crippen LogP contribution in [0.4, 0.5) is 0 Å². The number of hydrogen-bond donors (Lipinski definition) is 0. The van der Waals surface area contributed by atoms with E-state index in [2.05, 4.69) is 0 Å². The van der Waals surface area contributed by atoms with Crippen LogP contribution in [-0.2, 0) is 0 Å². The van der Waals surface area contributed by atoms with Crippen LogP contribution in [0.1, 0.15) is 16.7 Å². The van der Waals surface area contributed by atoms with Gasteiger partial charge in [-0.1, -0.05) is 78.9 Å². The third kappa shape index (κ3) is 4.93. The fourth-order valence-electron chi connectivity index (χ4n) is 2.31. The van der Waals surface area contributed by atoms with Crippen LogP contribution in [0.2, 0.25) is 0 Å². The first-order chi connectivity index (χ1) is 12.8. The normalized spacial score (nSPS) is 8.65. The summed E-state index contributed by atoms with van der Waals surface area (Å²) in [6.07, 6.45) is 0. The smallest absolute Gasteiger partial charge is 0.138 e. The maximum Gasteiger partial charge on any atom is 0.138 e. The molecule has 3 heteroatoms. The molecule has 0 radical (unpaired) electrons. The highest BCUT2D eigenvalue weighted by molar-refractivity contribution is 5.86. The van der Waals surface area contributed by atoms with Crippen molar-refractivity contribution < 1.29 is 0 Å². The minimum Gasteiger partial charge on any atom is -0.192 e. The van der Waals surface area contributed by atoms with E-state index >= 15 is 0 Å². The predicted molar refractivity (Wildman–Crippen MR) is 101 cm³/mol. The summed E-state index contributed by atoms with van der Waals surface area (Å²) in [5, 5.41) is 26.5. The molecule has 0 aliphatic carbocycles.